The molecule has 1 heterocycles. The monoisotopic (exact) mass is 211 g/mol. The van der Waals surface area contributed by atoms with Gasteiger partial charge in [-0.1, -0.05) is 17.7 Å². The Balaban J connectivity index is 1.95. The van der Waals surface area contributed by atoms with E-state index in [0.717, 1.165) is 23.7 Å². The van der Waals surface area contributed by atoms with Crippen molar-refractivity contribution < 1.29 is 4.74 Å². The first kappa shape index (κ1) is 9.81. The molecule has 0 amide bonds. The van der Waals surface area contributed by atoms with Gasteiger partial charge in [-0.25, -0.2) is 0 Å². The fourth-order valence-electron chi connectivity index (χ4n) is 1.63. The van der Waals surface area contributed by atoms with Gasteiger partial charge in [0.25, 0.3) is 0 Å². The second kappa shape index (κ2) is 4.67. The SMILES string of the molecule is Clc1cccc(O[C@H]2CCCCN2)c1. The third-order valence-corrected chi connectivity index (χ3v) is 2.57. The number of rotatable bonds is 2. The molecule has 2 nitrogen and oxygen atoms in total. The number of ether oxygens (including phenoxy) is 1. The molecule has 76 valence electrons. The van der Waals surface area contributed by atoms with Crippen molar-refractivity contribution in [2.45, 2.75) is 25.5 Å². The second-order valence-corrected chi connectivity index (χ2v) is 3.95. The minimum absolute atomic E-state index is 0.155. The smallest absolute Gasteiger partial charge is 0.150 e. The van der Waals surface area contributed by atoms with Gasteiger partial charge in [0.15, 0.2) is 0 Å². The molecule has 1 atom stereocenters. The highest BCUT2D eigenvalue weighted by atomic mass is 35.5. The van der Waals surface area contributed by atoms with Gasteiger partial charge in [0.1, 0.15) is 12.0 Å². The summed E-state index contributed by atoms with van der Waals surface area (Å²) in [7, 11) is 0. The molecule has 0 radical (unpaired) electrons. The average molecular weight is 212 g/mol. The molecule has 1 aromatic rings. The van der Waals surface area contributed by atoms with Gasteiger partial charge >= 0.3 is 0 Å². The molecule has 0 unspecified atom stereocenters. The summed E-state index contributed by atoms with van der Waals surface area (Å²) in [5, 5.41) is 4.04. The summed E-state index contributed by atoms with van der Waals surface area (Å²) in [6, 6.07) is 7.53. The number of benzene rings is 1. The Kier molecular flexibility index (Phi) is 3.27. The quantitative estimate of drug-likeness (QED) is 0.813. The molecule has 1 aliphatic heterocycles. The molecule has 0 aromatic heterocycles. The fraction of sp³-hybridized carbons (Fsp3) is 0.455. The van der Waals surface area contributed by atoms with Crippen molar-refractivity contribution in [3.05, 3.63) is 29.3 Å². The average Bonchev–Trinajstić information content (AvgIpc) is 2.19. The molecule has 1 N–H and O–H groups in total. The summed E-state index contributed by atoms with van der Waals surface area (Å²) in [4.78, 5) is 0. The lowest BCUT2D eigenvalue weighted by atomic mass is 10.1. The maximum absolute atomic E-state index is 5.86. The van der Waals surface area contributed by atoms with Crippen LogP contribution in [-0.2, 0) is 0 Å². The molecule has 1 aromatic carbocycles. The molecule has 14 heavy (non-hydrogen) atoms. The van der Waals surface area contributed by atoms with E-state index in [1.165, 1.54) is 12.8 Å². The molecule has 3 heteroatoms. The fourth-order valence-corrected chi connectivity index (χ4v) is 1.81. The summed E-state index contributed by atoms with van der Waals surface area (Å²) >= 11 is 5.86. The number of nitrogens with one attached hydrogen (secondary N) is 1. The Morgan fingerprint density at radius 2 is 2.29 bits per heavy atom. The lowest BCUT2D eigenvalue weighted by molar-refractivity contribution is 0.132. The van der Waals surface area contributed by atoms with Crippen LogP contribution in [0.4, 0.5) is 0 Å². The summed E-state index contributed by atoms with van der Waals surface area (Å²) in [6.07, 6.45) is 3.71. The molecular weight excluding hydrogens is 198 g/mol. The maximum atomic E-state index is 5.86. The second-order valence-electron chi connectivity index (χ2n) is 3.51. The van der Waals surface area contributed by atoms with Crippen LogP contribution in [0, 0.1) is 0 Å². The van der Waals surface area contributed by atoms with Gasteiger partial charge in [0.2, 0.25) is 0 Å². The number of hydrogen-bond donors (Lipinski definition) is 1. The third-order valence-electron chi connectivity index (χ3n) is 2.34. The lowest BCUT2D eigenvalue weighted by Gasteiger charge is -2.24. The number of hydrogen-bond acceptors (Lipinski definition) is 2. The van der Waals surface area contributed by atoms with Gasteiger partial charge in [-0.3, -0.25) is 5.32 Å². The van der Waals surface area contributed by atoms with Crippen LogP contribution in [-0.4, -0.2) is 12.8 Å². The maximum Gasteiger partial charge on any atom is 0.150 e. The van der Waals surface area contributed by atoms with Crippen molar-refractivity contribution in [3.63, 3.8) is 0 Å². The van der Waals surface area contributed by atoms with Crippen LogP contribution in [0.2, 0.25) is 5.02 Å². The van der Waals surface area contributed by atoms with E-state index in [4.69, 9.17) is 16.3 Å². The summed E-state index contributed by atoms with van der Waals surface area (Å²) < 4.78 is 5.74. The van der Waals surface area contributed by atoms with Crippen molar-refractivity contribution >= 4 is 11.6 Å². The van der Waals surface area contributed by atoms with Crippen LogP contribution in [0.5, 0.6) is 5.75 Å². The molecule has 1 saturated heterocycles. The van der Waals surface area contributed by atoms with Crippen molar-refractivity contribution in [2.75, 3.05) is 6.54 Å². The van der Waals surface area contributed by atoms with E-state index in [0.29, 0.717) is 0 Å². The van der Waals surface area contributed by atoms with E-state index >= 15 is 0 Å². The molecule has 0 spiro atoms. The highest BCUT2D eigenvalue weighted by molar-refractivity contribution is 6.30. The van der Waals surface area contributed by atoms with Crippen LogP contribution in [0.15, 0.2) is 24.3 Å². The summed E-state index contributed by atoms with van der Waals surface area (Å²) in [5.41, 5.74) is 0. The van der Waals surface area contributed by atoms with Crippen molar-refractivity contribution in [1.82, 2.24) is 5.32 Å². The predicted octanol–water partition coefficient (Wildman–Crippen LogP) is 2.82. The number of piperidine rings is 1. The van der Waals surface area contributed by atoms with Gasteiger partial charge in [-0.2, -0.15) is 0 Å². The zero-order valence-corrected chi connectivity index (χ0v) is 8.76. The Morgan fingerprint density at radius 1 is 1.36 bits per heavy atom. The topological polar surface area (TPSA) is 21.3 Å². The minimum atomic E-state index is 0.155. The first-order valence-corrected chi connectivity index (χ1v) is 5.38. The first-order valence-electron chi connectivity index (χ1n) is 5.00. The van der Waals surface area contributed by atoms with Crippen molar-refractivity contribution in [3.8, 4) is 5.75 Å². The zero-order valence-electron chi connectivity index (χ0n) is 8.00. The first-order chi connectivity index (χ1) is 6.84. The van der Waals surface area contributed by atoms with E-state index in [1.807, 2.05) is 24.3 Å². The van der Waals surface area contributed by atoms with E-state index in [9.17, 15) is 0 Å². The van der Waals surface area contributed by atoms with E-state index < -0.39 is 0 Å². The number of halogens is 1. The predicted molar refractivity (Wildman–Crippen MR) is 57.7 cm³/mol. The standard InChI is InChI=1S/C11H14ClNO/c12-9-4-3-5-10(8-9)14-11-6-1-2-7-13-11/h3-5,8,11,13H,1-2,6-7H2/t11-/m0/s1. The molecule has 2 rings (SSSR count). The van der Waals surface area contributed by atoms with Crippen LogP contribution >= 0.6 is 11.6 Å². The summed E-state index contributed by atoms with van der Waals surface area (Å²) in [6.45, 7) is 1.05. The van der Waals surface area contributed by atoms with Crippen LogP contribution in [0.1, 0.15) is 19.3 Å². The molecule has 1 aliphatic rings. The van der Waals surface area contributed by atoms with E-state index in [-0.39, 0.29) is 6.23 Å². The highest BCUT2D eigenvalue weighted by Gasteiger charge is 2.13. The normalized spacial score (nSPS) is 21.9. The van der Waals surface area contributed by atoms with Gasteiger partial charge in [-0.15, -0.1) is 0 Å². The molecular formula is C11H14ClNO. The van der Waals surface area contributed by atoms with Gasteiger partial charge < -0.3 is 4.74 Å². The van der Waals surface area contributed by atoms with Crippen LogP contribution < -0.4 is 10.1 Å². The van der Waals surface area contributed by atoms with E-state index in [1.54, 1.807) is 0 Å². The van der Waals surface area contributed by atoms with Crippen molar-refractivity contribution in [1.29, 1.82) is 0 Å². The lowest BCUT2D eigenvalue weighted by Crippen LogP contribution is -2.38. The van der Waals surface area contributed by atoms with E-state index in [2.05, 4.69) is 5.32 Å². The Morgan fingerprint density at radius 3 is 3.00 bits per heavy atom. The van der Waals surface area contributed by atoms with Crippen LogP contribution in [0.3, 0.4) is 0 Å². The zero-order chi connectivity index (χ0) is 9.80. The Labute approximate surface area is 89.2 Å². The Bertz CT molecular complexity index is 297. The summed E-state index contributed by atoms with van der Waals surface area (Å²) in [5.74, 6) is 0.844. The molecule has 1 fully saturated rings. The van der Waals surface area contributed by atoms with Crippen LogP contribution in [0.25, 0.3) is 0 Å². The third kappa shape index (κ3) is 2.63. The minimum Gasteiger partial charge on any atom is -0.475 e. The van der Waals surface area contributed by atoms with Crippen molar-refractivity contribution in [2.24, 2.45) is 0 Å². The molecule has 0 bridgehead atoms. The molecule has 0 saturated carbocycles. The van der Waals surface area contributed by atoms with Gasteiger partial charge in [-0.05, 0) is 44.0 Å². The molecule has 0 aliphatic carbocycles. The van der Waals surface area contributed by atoms with Gasteiger partial charge in [0.05, 0.1) is 0 Å². The highest BCUT2D eigenvalue weighted by Crippen LogP contribution is 2.19. The Hall–Kier alpha value is -0.730. The van der Waals surface area contributed by atoms with Gasteiger partial charge in [0, 0.05) is 5.02 Å². The largest absolute Gasteiger partial charge is 0.475 e.